The molecule has 2 aromatic rings. The van der Waals surface area contributed by atoms with Crippen molar-refractivity contribution in [1.82, 2.24) is 14.8 Å². The van der Waals surface area contributed by atoms with Gasteiger partial charge < -0.3 is 4.74 Å². The number of hydrogen-bond donors (Lipinski definition) is 0. The van der Waals surface area contributed by atoms with Crippen LogP contribution < -0.4 is 4.74 Å². The molecule has 0 spiro atoms. The number of pyridine rings is 1. The number of methoxy groups -OCH3 is 1. The molecule has 0 radical (unpaired) electrons. The topological polar surface area (TPSA) is 39.9 Å². The summed E-state index contributed by atoms with van der Waals surface area (Å²) in [4.78, 5) is 4.40. The minimum Gasteiger partial charge on any atom is -0.481 e. The average Bonchev–Trinajstić information content (AvgIpc) is 2.82. The van der Waals surface area contributed by atoms with Crippen LogP contribution in [-0.4, -0.2) is 21.9 Å². The van der Waals surface area contributed by atoms with Gasteiger partial charge in [0.05, 0.1) is 12.8 Å². The van der Waals surface area contributed by atoms with Gasteiger partial charge in [0.2, 0.25) is 5.88 Å². The van der Waals surface area contributed by atoms with E-state index in [0.717, 1.165) is 24.4 Å². The molecule has 0 fully saturated rings. The van der Waals surface area contributed by atoms with Crippen molar-refractivity contribution in [2.75, 3.05) is 7.11 Å². The molecule has 0 unspecified atom stereocenters. The predicted octanol–water partition coefficient (Wildman–Crippen LogP) is 2.40. The smallest absolute Gasteiger partial charge is 0.214 e. The molecule has 0 amide bonds. The number of ether oxygens (including phenoxy) is 1. The SMILES string of the molecule is CCc1cc(CC)n(-c2cccc(OC)n2)n1. The molecule has 4 nitrogen and oxygen atoms in total. The Morgan fingerprint density at radius 1 is 1.24 bits per heavy atom. The van der Waals surface area contributed by atoms with Crippen LogP contribution in [0.15, 0.2) is 24.3 Å². The van der Waals surface area contributed by atoms with Crippen molar-refractivity contribution in [2.24, 2.45) is 0 Å². The summed E-state index contributed by atoms with van der Waals surface area (Å²) in [6.45, 7) is 4.22. The third-order valence-corrected chi connectivity index (χ3v) is 2.69. The minimum absolute atomic E-state index is 0.609. The zero-order chi connectivity index (χ0) is 12.3. The van der Waals surface area contributed by atoms with Crippen LogP contribution in [0, 0.1) is 0 Å². The fraction of sp³-hybridized carbons (Fsp3) is 0.385. The largest absolute Gasteiger partial charge is 0.481 e. The second-order valence-corrected chi connectivity index (χ2v) is 3.78. The Hall–Kier alpha value is -1.84. The average molecular weight is 231 g/mol. The fourth-order valence-electron chi connectivity index (χ4n) is 1.73. The first-order chi connectivity index (χ1) is 8.28. The quantitative estimate of drug-likeness (QED) is 0.811. The molecule has 0 saturated carbocycles. The molecule has 0 atom stereocenters. The number of hydrogen-bond acceptors (Lipinski definition) is 3. The second kappa shape index (κ2) is 4.99. The van der Waals surface area contributed by atoms with Gasteiger partial charge in [-0.15, -0.1) is 0 Å². The maximum Gasteiger partial charge on any atom is 0.214 e. The van der Waals surface area contributed by atoms with Gasteiger partial charge >= 0.3 is 0 Å². The van der Waals surface area contributed by atoms with Crippen LogP contribution in [0.5, 0.6) is 5.88 Å². The Balaban J connectivity index is 2.47. The molecule has 0 saturated heterocycles. The summed E-state index contributed by atoms with van der Waals surface area (Å²) in [5.41, 5.74) is 2.26. The lowest BCUT2D eigenvalue weighted by atomic mass is 10.2. The zero-order valence-electron chi connectivity index (χ0n) is 10.5. The minimum atomic E-state index is 0.609. The molecule has 0 bridgehead atoms. The Kier molecular flexibility index (Phi) is 3.42. The summed E-state index contributed by atoms with van der Waals surface area (Å²) in [5, 5.41) is 4.54. The Labute approximate surface area is 101 Å². The van der Waals surface area contributed by atoms with Gasteiger partial charge in [-0.3, -0.25) is 0 Å². The van der Waals surface area contributed by atoms with E-state index < -0.39 is 0 Å². The Morgan fingerprint density at radius 2 is 2.06 bits per heavy atom. The number of aryl methyl sites for hydroxylation is 2. The van der Waals surface area contributed by atoms with Crippen molar-refractivity contribution in [2.45, 2.75) is 26.7 Å². The maximum absolute atomic E-state index is 5.13. The van der Waals surface area contributed by atoms with Crippen molar-refractivity contribution in [1.29, 1.82) is 0 Å². The highest BCUT2D eigenvalue weighted by atomic mass is 16.5. The van der Waals surface area contributed by atoms with E-state index >= 15 is 0 Å². The molecule has 2 heterocycles. The van der Waals surface area contributed by atoms with Crippen LogP contribution in [0.2, 0.25) is 0 Å². The molecule has 0 aliphatic heterocycles. The first-order valence-electron chi connectivity index (χ1n) is 5.87. The van der Waals surface area contributed by atoms with Crippen LogP contribution in [0.4, 0.5) is 0 Å². The highest BCUT2D eigenvalue weighted by molar-refractivity contribution is 5.29. The van der Waals surface area contributed by atoms with Gasteiger partial charge in [-0.1, -0.05) is 19.9 Å². The zero-order valence-corrected chi connectivity index (χ0v) is 10.5. The highest BCUT2D eigenvalue weighted by Crippen LogP contribution is 2.15. The van der Waals surface area contributed by atoms with E-state index in [-0.39, 0.29) is 0 Å². The molecule has 0 aromatic carbocycles. The van der Waals surface area contributed by atoms with E-state index in [2.05, 4.69) is 30.0 Å². The summed E-state index contributed by atoms with van der Waals surface area (Å²) in [6, 6.07) is 7.82. The monoisotopic (exact) mass is 231 g/mol. The normalized spacial score (nSPS) is 10.5. The molecular formula is C13H17N3O. The van der Waals surface area contributed by atoms with E-state index in [1.165, 1.54) is 5.69 Å². The molecule has 0 aliphatic rings. The van der Waals surface area contributed by atoms with Gasteiger partial charge in [-0.25, -0.2) is 4.68 Å². The molecule has 2 rings (SSSR count). The van der Waals surface area contributed by atoms with E-state index in [4.69, 9.17) is 4.74 Å². The summed E-state index contributed by atoms with van der Waals surface area (Å²) in [6.07, 6.45) is 1.87. The molecule has 4 heteroatoms. The Morgan fingerprint density at radius 3 is 2.71 bits per heavy atom. The standard InChI is InChI=1S/C13H17N3O/c1-4-10-9-11(5-2)16(15-10)12-7-6-8-13(14-12)17-3/h6-9H,4-5H2,1-3H3. The van der Waals surface area contributed by atoms with Gasteiger partial charge in [-0.05, 0) is 25.0 Å². The van der Waals surface area contributed by atoms with Crippen molar-refractivity contribution < 1.29 is 4.74 Å². The summed E-state index contributed by atoms with van der Waals surface area (Å²) >= 11 is 0. The fourth-order valence-corrected chi connectivity index (χ4v) is 1.73. The maximum atomic E-state index is 5.13. The lowest BCUT2D eigenvalue weighted by molar-refractivity contribution is 0.397. The van der Waals surface area contributed by atoms with E-state index in [9.17, 15) is 0 Å². The molecule has 0 N–H and O–H groups in total. The summed E-state index contributed by atoms with van der Waals surface area (Å²) in [5.74, 6) is 1.42. The van der Waals surface area contributed by atoms with Crippen LogP contribution in [0.1, 0.15) is 25.2 Å². The number of nitrogens with zero attached hydrogens (tertiary/aromatic N) is 3. The first kappa shape index (κ1) is 11.6. The third kappa shape index (κ3) is 2.30. The highest BCUT2D eigenvalue weighted by Gasteiger charge is 2.08. The first-order valence-corrected chi connectivity index (χ1v) is 5.87. The molecule has 90 valence electrons. The molecular weight excluding hydrogens is 214 g/mol. The van der Waals surface area contributed by atoms with Crippen molar-refractivity contribution >= 4 is 0 Å². The van der Waals surface area contributed by atoms with Crippen LogP contribution in [0.3, 0.4) is 0 Å². The van der Waals surface area contributed by atoms with Crippen molar-refractivity contribution in [3.8, 4) is 11.7 Å². The van der Waals surface area contributed by atoms with Crippen molar-refractivity contribution in [3.05, 3.63) is 35.7 Å². The predicted molar refractivity (Wildman–Crippen MR) is 66.7 cm³/mol. The molecule has 2 aromatic heterocycles. The number of rotatable bonds is 4. The molecule has 17 heavy (non-hydrogen) atoms. The van der Waals surface area contributed by atoms with Gasteiger partial charge in [0, 0.05) is 11.8 Å². The van der Waals surface area contributed by atoms with Crippen LogP contribution in [0.25, 0.3) is 5.82 Å². The van der Waals surface area contributed by atoms with Crippen LogP contribution in [-0.2, 0) is 12.8 Å². The van der Waals surface area contributed by atoms with Crippen LogP contribution >= 0.6 is 0 Å². The third-order valence-electron chi connectivity index (χ3n) is 2.69. The van der Waals surface area contributed by atoms with E-state index in [0.29, 0.717) is 5.88 Å². The van der Waals surface area contributed by atoms with Gasteiger partial charge in [-0.2, -0.15) is 10.1 Å². The number of aromatic nitrogens is 3. The lowest BCUT2D eigenvalue weighted by Crippen LogP contribution is -2.04. The van der Waals surface area contributed by atoms with Crippen molar-refractivity contribution in [3.63, 3.8) is 0 Å². The summed E-state index contributed by atoms with van der Waals surface area (Å²) in [7, 11) is 1.62. The van der Waals surface area contributed by atoms with E-state index in [1.807, 2.05) is 22.9 Å². The van der Waals surface area contributed by atoms with Gasteiger partial charge in [0.25, 0.3) is 0 Å². The van der Waals surface area contributed by atoms with E-state index in [1.54, 1.807) is 7.11 Å². The van der Waals surface area contributed by atoms with Gasteiger partial charge in [0.15, 0.2) is 5.82 Å². The summed E-state index contributed by atoms with van der Waals surface area (Å²) < 4.78 is 7.02. The second-order valence-electron chi connectivity index (χ2n) is 3.78. The van der Waals surface area contributed by atoms with Gasteiger partial charge in [0.1, 0.15) is 0 Å². The Bertz CT molecular complexity index is 505. The lowest BCUT2D eigenvalue weighted by Gasteiger charge is -2.06. The molecule has 0 aliphatic carbocycles.